The highest BCUT2D eigenvalue weighted by Crippen LogP contribution is 2.31. The SMILES string of the molecule is Cc1cc(C)c2c(c1)CC(=N/OCC(=O)N1CC=CC1)/C=C/CC/C=C/CCOC2=O.Cc1cc(C)c2c(c1Cl)CC(=N/OCC(=O)N1CC=CC1)/C=C/CC/C=C/CCOC2=O.Cc1cc(C)c2c(c1Cl)CC(=N\OCC(=O)N1CC=CC1)/C=C/CC/C=C/CCOC2=O. The molecule has 0 aliphatic carbocycles. The average Bonchev–Trinajstić information content (AvgIpc) is 1.18. The highest BCUT2D eigenvalue weighted by molar-refractivity contribution is 6.33. The Kier molecular flexibility index (Phi) is 30.3. The van der Waals surface area contributed by atoms with Crippen LogP contribution in [0, 0.1) is 41.5 Å². The second-order valence-corrected chi connectivity index (χ2v) is 24.3. The zero-order valence-electron chi connectivity index (χ0n) is 55.5. The fourth-order valence-electron chi connectivity index (χ4n) is 11.1. The minimum atomic E-state index is -0.397. The van der Waals surface area contributed by atoms with Crippen molar-refractivity contribution >= 4 is 76.0 Å². The summed E-state index contributed by atoms with van der Waals surface area (Å²) in [5.74, 6) is -1.46. The normalized spacial score (nSPS) is 20.5. The number of cyclic esters (lactones) is 3. The van der Waals surface area contributed by atoms with Gasteiger partial charge in [-0.1, -0.05) is 160 Å². The van der Waals surface area contributed by atoms with Gasteiger partial charge < -0.3 is 43.4 Å². The average molecular weight is 1340 g/mol. The number of nitrogens with zero attached hydrogens (tertiary/aromatic N) is 6. The molecule has 0 saturated heterocycles. The molecule has 0 radical (unpaired) electrons. The van der Waals surface area contributed by atoms with Gasteiger partial charge in [-0.2, -0.15) is 0 Å². The van der Waals surface area contributed by atoms with E-state index >= 15 is 0 Å². The number of carbonyl (C=O) groups is 6. The van der Waals surface area contributed by atoms with E-state index < -0.39 is 11.9 Å². The van der Waals surface area contributed by atoms with Crippen LogP contribution in [-0.4, -0.2) is 146 Å². The van der Waals surface area contributed by atoms with Crippen LogP contribution in [0.15, 0.2) is 149 Å². The zero-order valence-corrected chi connectivity index (χ0v) is 57.0. The molecular weight excluding hydrogens is 1250 g/mol. The van der Waals surface area contributed by atoms with Gasteiger partial charge in [0.1, 0.15) is 0 Å². The van der Waals surface area contributed by atoms with Crippen LogP contribution in [0.2, 0.25) is 10.0 Å². The van der Waals surface area contributed by atoms with Gasteiger partial charge in [-0.05, 0) is 162 Å². The summed E-state index contributed by atoms with van der Waals surface area (Å²) in [5.41, 5.74) is 10.8. The van der Waals surface area contributed by atoms with Crippen molar-refractivity contribution in [3.63, 3.8) is 0 Å². The Morgan fingerprint density at radius 3 is 1.05 bits per heavy atom. The van der Waals surface area contributed by atoms with Crippen LogP contribution in [-0.2, 0) is 62.4 Å². The van der Waals surface area contributed by atoms with Crippen molar-refractivity contribution in [2.24, 2.45) is 15.5 Å². The first-order valence-corrected chi connectivity index (χ1v) is 33.2. The Bertz CT molecular complexity index is 3440. The number of oxime groups is 3. The van der Waals surface area contributed by atoms with E-state index in [4.69, 9.17) is 51.9 Å². The summed E-state index contributed by atoms with van der Waals surface area (Å²) in [5, 5.41) is 13.7. The number of carbonyl (C=O) groups excluding carboxylic acids is 6. The highest BCUT2D eigenvalue weighted by Gasteiger charge is 2.25. The van der Waals surface area contributed by atoms with Gasteiger partial charge in [-0.15, -0.1) is 0 Å². The van der Waals surface area contributed by atoms with Crippen LogP contribution in [0.5, 0.6) is 0 Å². The van der Waals surface area contributed by atoms with E-state index in [2.05, 4.69) is 33.7 Å². The van der Waals surface area contributed by atoms with Crippen LogP contribution in [0.3, 0.4) is 0 Å². The maximum absolute atomic E-state index is 12.9. The Morgan fingerprint density at radius 1 is 0.389 bits per heavy atom. The highest BCUT2D eigenvalue weighted by atomic mass is 35.5. The van der Waals surface area contributed by atoms with Gasteiger partial charge in [0.2, 0.25) is 0 Å². The summed E-state index contributed by atoms with van der Waals surface area (Å²) in [6, 6.07) is 7.74. The van der Waals surface area contributed by atoms with E-state index in [-0.39, 0.29) is 56.4 Å². The molecule has 0 atom stereocenters. The molecular formula is C75H88Cl2N6O12. The Hall–Kier alpha value is -8.87. The van der Waals surface area contributed by atoms with Gasteiger partial charge in [-0.25, -0.2) is 14.4 Å². The number of hydrogen-bond donors (Lipinski definition) is 0. The Labute approximate surface area is 568 Å². The van der Waals surface area contributed by atoms with Crippen molar-refractivity contribution < 1.29 is 57.5 Å². The number of amides is 3. The number of fused-ring (bicyclic) bond motifs is 3. The first kappa shape index (κ1) is 73.5. The molecule has 0 aromatic heterocycles. The predicted molar refractivity (Wildman–Crippen MR) is 373 cm³/mol. The number of ether oxygens (including phenoxy) is 3. The fraction of sp³-hybridized carbons (Fsp3) is 0.400. The summed E-state index contributed by atoms with van der Waals surface area (Å²) in [6.45, 7) is 15.7. The molecule has 0 fully saturated rings. The largest absolute Gasteiger partial charge is 0.462 e. The van der Waals surface area contributed by atoms with Crippen LogP contribution in [0.1, 0.15) is 139 Å². The summed E-state index contributed by atoms with van der Waals surface area (Å²) in [7, 11) is 0. The third kappa shape index (κ3) is 23.5. The van der Waals surface area contributed by atoms with Crippen molar-refractivity contribution in [1.29, 1.82) is 0 Å². The molecule has 6 aliphatic heterocycles. The summed E-state index contributed by atoms with van der Waals surface area (Å²) >= 11 is 13.3. The molecule has 95 heavy (non-hydrogen) atoms. The second-order valence-electron chi connectivity index (χ2n) is 23.5. The number of rotatable bonds is 9. The van der Waals surface area contributed by atoms with Crippen molar-refractivity contribution in [1.82, 2.24) is 14.7 Å². The van der Waals surface area contributed by atoms with Gasteiger partial charge in [0.25, 0.3) is 17.7 Å². The summed E-state index contributed by atoms with van der Waals surface area (Å²) < 4.78 is 16.5. The molecule has 3 amide bonds. The smallest absolute Gasteiger partial charge is 0.338 e. The molecule has 0 unspecified atom stereocenters. The number of hydrogen-bond acceptors (Lipinski definition) is 15. The van der Waals surface area contributed by atoms with E-state index in [0.717, 1.165) is 77.5 Å². The minimum Gasteiger partial charge on any atom is -0.462 e. The van der Waals surface area contributed by atoms with Crippen LogP contribution in [0.25, 0.3) is 0 Å². The second kappa shape index (κ2) is 39.1. The van der Waals surface area contributed by atoms with Gasteiger partial charge in [0.05, 0.1) is 53.6 Å². The van der Waals surface area contributed by atoms with Gasteiger partial charge in [0.15, 0.2) is 19.8 Å². The third-order valence-electron chi connectivity index (χ3n) is 15.8. The number of benzene rings is 3. The Morgan fingerprint density at radius 2 is 0.695 bits per heavy atom. The molecule has 0 saturated carbocycles. The molecule has 6 aliphatic rings. The zero-order chi connectivity index (χ0) is 67.9. The minimum absolute atomic E-state index is 0.0972. The monoisotopic (exact) mass is 1330 g/mol. The number of allylic oxidation sites excluding steroid dienone is 9. The lowest BCUT2D eigenvalue weighted by Gasteiger charge is -2.17. The van der Waals surface area contributed by atoms with Crippen LogP contribution < -0.4 is 0 Å². The summed E-state index contributed by atoms with van der Waals surface area (Å²) in [6.07, 6.45) is 43.9. The molecule has 6 heterocycles. The summed E-state index contributed by atoms with van der Waals surface area (Å²) in [4.78, 5) is 96.5. The molecule has 0 spiro atoms. The van der Waals surface area contributed by atoms with Gasteiger partial charge >= 0.3 is 17.9 Å². The standard InChI is InChI=1S/2C25H29ClN2O4.C25H30N2O4/c2*1-18-15-19(2)24(26)21-16-20(27-32-17-22(29)28-12-8-9-13-28)11-7-5-3-4-6-10-14-31-25(30)23(18)21;1-19-15-20(2)24-21(16-19)17-22(26-31-18-23(28)27-12-8-9-13-27)11-7-5-3-4-6-10-14-30-25(24)29/h2*4,6-9,11,15H,3,5,10,12-14,16-17H2,1-2H3;4,6-9,11,15-16H,3,5,10,12-14,17-18H2,1-2H3/b6-4+,11-7+,27-20+;6-4+,11-7+,27-20-;6-4+,11-7+,26-22+. The maximum atomic E-state index is 12.9. The number of aryl methyl sites for hydroxylation is 6. The molecule has 0 N–H and O–H groups in total. The Balaban J connectivity index is 0.000000201. The molecule has 3 aromatic carbocycles. The van der Waals surface area contributed by atoms with E-state index in [0.29, 0.717) is 140 Å². The molecule has 18 nitrogen and oxygen atoms in total. The first-order chi connectivity index (χ1) is 46.0. The predicted octanol–water partition coefficient (Wildman–Crippen LogP) is 13.5. The maximum Gasteiger partial charge on any atom is 0.338 e. The third-order valence-corrected chi connectivity index (χ3v) is 16.9. The topological polar surface area (TPSA) is 205 Å². The molecule has 3 aromatic rings. The number of esters is 3. The van der Waals surface area contributed by atoms with E-state index in [1.165, 1.54) is 0 Å². The van der Waals surface area contributed by atoms with Crippen LogP contribution in [0.4, 0.5) is 0 Å². The van der Waals surface area contributed by atoms with Gasteiger partial charge in [0, 0.05) is 68.6 Å². The lowest BCUT2D eigenvalue weighted by atomic mass is 9.94. The molecule has 9 rings (SSSR count). The van der Waals surface area contributed by atoms with E-state index in [1.54, 1.807) is 14.7 Å². The molecule has 20 heteroatoms. The van der Waals surface area contributed by atoms with Crippen molar-refractivity contribution in [2.75, 3.05) is 78.9 Å². The van der Waals surface area contributed by atoms with Crippen molar-refractivity contribution in [3.05, 3.63) is 210 Å². The molecule has 0 bridgehead atoms. The quantitative estimate of drug-likeness (QED) is 0.0849. The first-order valence-electron chi connectivity index (χ1n) is 32.5. The lowest BCUT2D eigenvalue weighted by molar-refractivity contribution is -0.135. The van der Waals surface area contributed by atoms with Crippen molar-refractivity contribution in [3.8, 4) is 0 Å². The molecule has 504 valence electrons. The van der Waals surface area contributed by atoms with Crippen molar-refractivity contribution in [2.45, 2.75) is 119 Å². The van der Waals surface area contributed by atoms with Crippen LogP contribution >= 0.6 is 23.2 Å². The van der Waals surface area contributed by atoms with E-state index in [9.17, 15) is 28.8 Å². The van der Waals surface area contributed by atoms with Gasteiger partial charge in [-0.3, -0.25) is 14.4 Å². The number of halogens is 2. The lowest BCUT2D eigenvalue weighted by Crippen LogP contribution is -2.31. The van der Waals surface area contributed by atoms with E-state index in [1.807, 2.05) is 157 Å². The fourth-order valence-corrected chi connectivity index (χ4v) is 11.5.